The molecule has 1 amide bonds. The summed E-state index contributed by atoms with van der Waals surface area (Å²) in [7, 11) is 1.87. The van der Waals surface area contributed by atoms with Crippen molar-refractivity contribution in [2.45, 2.75) is 20.4 Å². The van der Waals surface area contributed by atoms with Gasteiger partial charge in [0, 0.05) is 50.5 Å². The van der Waals surface area contributed by atoms with E-state index in [1.54, 1.807) is 40.1 Å². The molecule has 0 aliphatic rings. The molecule has 7 heteroatoms. The van der Waals surface area contributed by atoms with E-state index in [0.717, 1.165) is 5.56 Å². The third-order valence-corrected chi connectivity index (χ3v) is 3.74. The Labute approximate surface area is 146 Å². The number of rotatable bonds is 6. The zero-order valence-electron chi connectivity index (χ0n) is 14.7. The molecule has 0 saturated carbocycles. The molecule has 0 aliphatic carbocycles. The van der Waals surface area contributed by atoms with Crippen LogP contribution in [-0.2, 0) is 13.6 Å². The summed E-state index contributed by atoms with van der Waals surface area (Å²) in [5, 5.41) is 8.32. The second-order valence-corrected chi connectivity index (χ2v) is 6.46. The monoisotopic (exact) mass is 338 g/mol. The molecule has 0 radical (unpaired) electrons. The highest BCUT2D eigenvalue weighted by molar-refractivity contribution is 5.94. The Kier molecular flexibility index (Phi) is 4.92. The van der Waals surface area contributed by atoms with Crippen LogP contribution in [0.2, 0.25) is 0 Å². The fourth-order valence-corrected chi connectivity index (χ4v) is 2.67. The van der Waals surface area contributed by atoms with Crippen LogP contribution in [0, 0.1) is 5.92 Å². The Morgan fingerprint density at radius 1 is 1.24 bits per heavy atom. The lowest BCUT2D eigenvalue weighted by Gasteiger charge is -2.24. The van der Waals surface area contributed by atoms with Gasteiger partial charge < -0.3 is 4.90 Å². The Morgan fingerprint density at radius 2 is 2.08 bits per heavy atom. The topological polar surface area (TPSA) is 68.8 Å². The van der Waals surface area contributed by atoms with E-state index < -0.39 is 0 Å². The van der Waals surface area contributed by atoms with Crippen molar-refractivity contribution in [2.24, 2.45) is 13.0 Å². The van der Waals surface area contributed by atoms with Crippen molar-refractivity contribution in [3.05, 3.63) is 60.3 Å². The first-order valence-corrected chi connectivity index (χ1v) is 8.26. The first-order chi connectivity index (χ1) is 12.0. The van der Waals surface area contributed by atoms with E-state index in [2.05, 4.69) is 29.0 Å². The van der Waals surface area contributed by atoms with Crippen LogP contribution < -0.4 is 0 Å². The molecule has 130 valence electrons. The molecule has 3 heterocycles. The molecule has 3 aromatic rings. The fraction of sp³-hybridized carbons (Fsp3) is 0.333. The van der Waals surface area contributed by atoms with Crippen molar-refractivity contribution < 1.29 is 4.79 Å². The molecule has 0 saturated heterocycles. The minimum atomic E-state index is -0.0305. The smallest absolute Gasteiger partial charge is 0.255 e. The number of pyridine rings is 1. The number of hydrogen-bond acceptors (Lipinski definition) is 4. The van der Waals surface area contributed by atoms with Crippen LogP contribution in [0.25, 0.3) is 5.82 Å². The number of carbonyl (C=O) groups is 1. The lowest BCUT2D eigenvalue weighted by Crippen LogP contribution is -2.33. The molecular weight excluding hydrogens is 316 g/mol. The van der Waals surface area contributed by atoms with Crippen LogP contribution in [0.15, 0.2) is 49.2 Å². The number of nitrogens with zero attached hydrogens (tertiary/aromatic N) is 6. The van der Waals surface area contributed by atoms with E-state index >= 15 is 0 Å². The molecule has 3 aromatic heterocycles. The van der Waals surface area contributed by atoms with E-state index in [0.29, 0.717) is 30.4 Å². The first-order valence-electron chi connectivity index (χ1n) is 8.26. The Morgan fingerprint density at radius 3 is 2.64 bits per heavy atom. The molecule has 3 rings (SSSR count). The zero-order chi connectivity index (χ0) is 17.8. The van der Waals surface area contributed by atoms with Gasteiger partial charge in [0.25, 0.3) is 5.91 Å². The van der Waals surface area contributed by atoms with E-state index in [4.69, 9.17) is 0 Å². The van der Waals surface area contributed by atoms with Crippen molar-refractivity contribution >= 4 is 5.91 Å². The summed E-state index contributed by atoms with van der Waals surface area (Å²) in [5.41, 5.74) is 1.58. The third kappa shape index (κ3) is 4.12. The van der Waals surface area contributed by atoms with Gasteiger partial charge in [-0.05, 0) is 24.1 Å². The van der Waals surface area contributed by atoms with Crippen LogP contribution >= 0.6 is 0 Å². The first kappa shape index (κ1) is 16.9. The van der Waals surface area contributed by atoms with Gasteiger partial charge in [0.1, 0.15) is 0 Å². The van der Waals surface area contributed by atoms with Crippen LogP contribution in [0.5, 0.6) is 0 Å². The highest BCUT2D eigenvalue weighted by atomic mass is 16.2. The summed E-state index contributed by atoms with van der Waals surface area (Å²) in [6, 6.07) is 5.43. The molecule has 7 nitrogen and oxygen atoms in total. The van der Waals surface area contributed by atoms with Gasteiger partial charge in [-0.1, -0.05) is 13.8 Å². The predicted octanol–water partition coefficient (Wildman–Crippen LogP) is 2.30. The Bertz CT molecular complexity index is 820. The molecule has 0 aliphatic heterocycles. The highest BCUT2D eigenvalue weighted by Gasteiger charge is 2.18. The summed E-state index contributed by atoms with van der Waals surface area (Å²) in [6.45, 7) is 5.41. The van der Waals surface area contributed by atoms with Gasteiger partial charge in [0.15, 0.2) is 5.82 Å². The van der Waals surface area contributed by atoms with Gasteiger partial charge in [-0.3, -0.25) is 9.48 Å². The quantitative estimate of drug-likeness (QED) is 0.691. The third-order valence-electron chi connectivity index (χ3n) is 3.74. The van der Waals surface area contributed by atoms with Crippen molar-refractivity contribution in [1.82, 2.24) is 29.4 Å². The highest BCUT2D eigenvalue weighted by Crippen LogP contribution is 2.13. The minimum Gasteiger partial charge on any atom is -0.334 e. The van der Waals surface area contributed by atoms with E-state index in [-0.39, 0.29) is 5.91 Å². The maximum Gasteiger partial charge on any atom is 0.255 e. The SMILES string of the molecule is CC(C)CN(Cc1cnn(C)c1)C(=O)c1ccc(-n2cccn2)nc1. The van der Waals surface area contributed by atoms with Gasteiger partial charge in [-0.25, -0.2) is 9.67 Å². The van der Waals surface area contributed by atoms with Gasteiger partial charge in [0.05, 0.1) is 11.8 Å². The fourth-order valence-electron chi connectivity index (χ4n) is 2.67. The molecule has 0 fully saturated rings. The van der Waals surface area contributed by atoms with Crippen molar-refractivity contribution in [1.29, 1.82) is 0 Å². The molecule has 0 aromatic carbocycles. The standard InChI is InChI=1S/C18H22N6O/c1-14(2)11-23(13-15-9-21-22(3)12-15)18(25)16-5-6-17(19-10-16)24-8-4-7-20-24/h4-10,12,14H,11,13H2,1-3H3. The predicted molar refractivity (Wildman–Crippen MR) is 94.1 cm³/mol. The molecule has 0 spiro atoms. The molecule has 0 N–H and O–H groups in total. The lowest BCUT2D eigenvalue weighted by atomic mass is 10.1. The molecule has 0 bridgehead atoms. The number of amides is 1. The molecular formula is C18H22N6O. The van der Waals surface area contributed by atoms with E-state index in [1.807, 2.05) is 30.4 Å². The second kappa shape index (κ2) is 7.29. The summed E-state index contributed by atoms with van der Waals surface area (Å²) in [5.74, 6) is 1.03. The van der Waals surface area contributed by atoms with Crippen molar-refractivity contribution in [2.75, 3.05) is 6.54 Å². The largest absolute Gasteiger partial charge is 0.334 e. The van der Waals surface area contributed by atoms with Gasteiger partial charge >= 0.3 is 0 Å². The second-order valence-electron chi connectivity index (χ2n) is 6.46. The maximum absolute atomic E-state index is 12.9. The maximum atomic E-state index is 12.9. The van der Waals surface area contributed by atoms with Crippen LogP contribution in [0.1, 0.15) is 29.8 Å². The van der Waals surface area contributed by atoms with Gasteiger partial charge in [-0.15, -0.1) is 0 Å². The van der Waals surface area contributed by atoms with Gasteiger partial charge in [0.2, 0.25) is 0 Å². The van der Waals surface area contributed by atoms with E-state index in [9.17, 15) is 4.79 Å². The summed E-state index contributed by atoms with van der Waals surface area (Å²) < 4.78 is 3.41. The Balaban J connectivity index is 1.78. The average molecular weight is 338 g/mol. The summed E-state index contributed by atoms with van der Waals surface area (Å²) in [4.78, 5) is 19.1. The van der Waals surface area contributed by atoms with Crippen LogP contribution in [-0.4, -0.2) is 41.9 Å². The average Bonchev–Trinajstić information content (AvgIpc) is 3.25. The number of carbonyl (C=O) groups excluding carboxylic acids is 1. The zero-order valence-corrected chi connectivity index (χ0v) is 14.7. The molecule has 25 heavy (non-hydrogen) atoms. The van der Waals surface area contributed by atoms with Crippen LogP contribution in [0.4, 0.5) is 0 Å². The lowest BCUT2D eigenvalue weighted by molar-refractivity contribution is 0.0722. The number of aromatic nitrogens is 5. The van der Waals surface area contributed by atoms with Crippen molar-refractivity contribution in [3.63, 3.8) is 0 Å². The normalized spacial score (nSPS) is 11.0. The minimum absolute atomic E-state index is 0.0305. The Hall–Kier alpha value is -2.96. The molecule has 0 atom stereocenters. The molecule has 0 unspecified atom stereocenters. The van der Waals surface area contributed by atoms with Crippen molar-refractivity contribution in [3.8, 4) is 5.82 Å². The van der Waals surface area contributed by atoms with E-state index in [1.165, 1.54) is 0 Å². The summed E-state index contributed by atoms with van der Waals surface area (Å²) >= 11 is 0. The number of aryl methyl sites for hydroxylation is 1. The van der Waals surface area contributed by atoms with Crippen LogP contribution in [0.3, 0.4) is 0 Å². The van der Waals surface area contributed by atoms with Gasteiger partial charge in [-0.2, -0.15) is 10.2 Å². The summed E-state index contributed by atoms with van der Waals surface area (Å²) in [6.07, 6.45) is 8.84. The number of hydrogen-bond donors (Lipinski definition) is 0.